The highest BCUT2D eigenvalue weighted by Gasteiger charge is 2.14. The average molecular weight is 395 g/mol. The highest BCUT2D eigenvalue weighted by molar-refractivity contribution is 5.76. The van der Waals surface area contributed by atoms with Crippen molar-refractivity contribution in [3.05, 3.63) is 0 Å². The van der Waals surface area contributed by atoms with E-state index in [2.05, 4.69) is 4.90 Å². The molecule has 2 amide bonds. The predicted molar refractivity (Wildman–Crippen MR) is 118 cm³/mol. The third-order valence-electron chi connectivity index (χ3n) is 6.02. The zero-order valence-corrected chi connectivity index (χ0v) is 18.4. The second-order valence-corrected chi connectivity index (χ2v) is 8.71. The fraction of sp³-hybridized carbons (Fsp3) is 0.917. The normalized spacial score (nSPS) is 14.8. The van der Waals surface area contributed by atoms with Crippen molar-refractivity contribution in [1.29, 1.82) is 0 Å². The van der Waals surface area contributed by atoms with Crippen molar-refractivity contribution in [3.8, 4) is 0 Å². The van der Waals surface area contributed by atoms with Gasteiger partial charge in [-0.15, -0.1) is 0 Å². The van der Waals surface area contributed by atoms with Crippen molar-refractivity contribution in [3.63, 3.8) is 0 Å². The van der Waals surface area contributed by atoms with Gasteiger partial charge in [0.2, 0.25) is 11.8 Å². The molecule has 0 aromatic heterocycles. The molecule has 1 aliphatic heterocycles. The molecule has 1 aliphatic rings. The number of hydrogen-bond acceptors (Lipinski definition) is 2. The van der Waals surface area contributed by atoms with Crippen LogP contribution in [0.4, 0.5) is 0 Å². The topological polar surface area (TPSA) is 63.4 Å². The van der Waals surface area contributed by atoms with Gasteiger partial charge >= 0.3 is 0 Å². The van der Waals surface area contributed by atoms with Crippen molar-refractivity contribution < 1.29 is 9.59 Å². The molecule has 0 aromatic rings. The fourth-order valence-electron chi connectivity index (χ4n) is 4.17. The van der Waals surface area contributed by atoms with E-state index in [0.29, 0.717) is 12.3 Å². The van der Waals surface area contributed by atoms with Crippen LogP contribution in [0.5, 0.6) is 0 Å². The van der Waals surface area contributed by atoms with Crippen LogP contribution in [-0.4, -0.2) is 29.8 Å². The van der Waals surface area contributed by atoms with Gasteiger partial charge in [0.25, 0.3) is 0 Å². The summed E-state index contributed by atoms with van der Waals surface area (Å²) >= 11 is 0. The largest absolute Gasteiger partial charge is 0.370 e. The number of hydrogen-bond donors (Lipinski definition) is 1. The lowest BCUT2D eigenvalue weighted by Crippen LogP contribution is -2.31. The lowest BCUT2D eigenvalue weighted by atomic mass is 10.0. The van der Waals surface area contributed by atoms with Gasteiger partial charge in [0.15, 0.2) is 0 Å². The highest BCUT2D eigenvalue weighted by Crippen LogP contribution is 2.15. The van der Waals surface area contributed by atoms with Crippen LogP contribution in [0.2, 0.25) is 0 Å². The quantitative estimate of drug-likeness (QED) is 0.302. The molecule has 0 atom stereocenters. The number of nitrogens with zero attached hydrogens (tertiary/aromatic N) is 1. The van der Waals surface area contributed by atoms with Crippen molar-refractivity contribution in [2.24, 2.45) is 5.73 Å². The number of amides is 2. The fourth-order valence-corrected chi connectivity index (χ4v) is 4.17. The minimum absolute atomic E-state index is 0.165. The number of carbonyl (C=O) groups is 2. The maximum Gasteiger partial charge on any atom is 0.222 e. The average Bonchev–Trinajstić information content (AvgIpc) is 2.97. The summed E-state index contributed by atoms with van der Waals surface area (Å²) in [6.07, 6.45) is 24.0. The third kappa shape index (κ3) is 14.9. The SMILES string of the molecule is NC(=O)CCCCCCCCCCCCCCCCC(=O)N1CCCCCC1. The predicted octanol–water partition coefficient (Wildman–Crippen LogP) is 6.12. The van der Waals surface area contributed by atoms with E-state index in [1.165, 1.54) is 96.3 Å². The minimum Gasteiger partial charge on any atom is -0.370 e. The highest BCUT2D eigenvalue weighted by atomic mass is 16.2. The van der Waals surface area contributed by atoms with Crippen LogP contribution in [0.15, 0.2) is 0 Å². The lowest BCUT2D eigenvalue weighted by molar-refractivity contribution is -0.131. The number of rotatable bonds is 17. The Morgan fingerprint density at radius 3 is 1.29 bits per heavy atom. The summed E-state index contributed by atoms with van der Waals surface area (Å²) in [5, 5.41) is 0. The number of primary amides is 1. The molecule has 0 saturated carbocycles. The maximum absolute atomic E-state index is 12.2. The van der Waals surface area contributed by atoms with E-state index in [1.54, 1.807) is 0 Å². The molecule has 1 fully saturated rings. The molecule has 4 nitrogen and oxygen atoms in total. The monoisotopic (exact) mass is 394 g/mol. The number of likely N-dealkylation sites (tertiary alicyclic amines) is 1. The molecule has 28 heavy (non-hydrogen) atoms. The van der Waals surface area contributed by atoms with Crippen LogP contribution in [0.1, 0.15) is 128 Å². The number of nitrogens with two attached hydrogens (primary N) is 1. The second-order valence-electron chi connectivity index (χ2n) is 8.71. The Morgan fingerprint density at radius 1 is 0.536 bits per heavy atom. The van der Waals surface area contributed by atoms with Gasteiger partial charge in [-0.2, -0.15) is 0 Å². The molecular weight excluding hydrogens is 348 g/mol. The Bertz CT molecular complexity index is 390. The molecule has 0 aliphatic carbocycles. The summed E-state index contributed by atoms with van der Waals surface area (Å²) < 4.78 is 0. The van der Waals surface area contributed by atoms with Crippen LogP contribution in [0.25, 0.3) is 0 Å². The van der Waals surface area contributed by atoms with E-state index in [1.807, 2.05) is 0 Å². The van der Waals surface area contributed by atoms with Crippen LogP contribution >= 0.6 is 0 Å². The Hall–Kier alpha value is -1.06. The van der Waals surface area contributed by atoms with Gasteiger partial charge in [0.1, 0.15) is 0 Å². The van der Waals surface area contributed by atoms with Crippen molar-refractivity contribution in [2.75, 3.05) is 13.1 Å². The molecule has 0 bridgehead atoms. The Labute approximate surface area is 174 Å². The van der Waals surface area contributed by atoms with Crippen LogP contribution in [0.3, 0.4) is 0 Å². The van der Waals surface area contributed by atoms with Gasteiger partial charge in [-0.25, -0.2) is 0 Å². The van der Waals surface area contributed by atoms with Crippen molar-refractivity contribution in [2.45, 2.75) is 128 Å². The zero-order chi connectivity index (χ0) is 20.3. The van der Waals surface area contributed by atoms with Gasteiger partial charge in [-0.05, 0) is 25.7 Å². The van der Waals surface area contributed by atoms with Crippen molar-refractivity contribution >= 4 is 11.8 Å². The number of carbonyl (C=O) groups excluding carboxylic acids is 2. The van der Waals surface area contributed by atoms with E-state index < -0.39 is 0 Å². The Balaban J connectivity index is 1.76. The van der Waals surface area contributed by atoms with Gasteiger partial charge in [0, 0.05) is 25.9 Å². The summed E-state index contributed by atoms with van der Waals surface area (Å²) in [7, 11) is 0. The summed E-state index contributed by atoms with van der Waals surface area (Å²) in [4.78, 5) is 25.0. The third-order valence-corrected chi connectivity index (χ3v) is 6.02. The summed E-state index contributed by atoms with van der Waals surface area (Å²) in [5.41, 5.74) is 5.14. The van der Waals surface area contributed by atoms with Crippen molar-refractivity contribution in [1.82, 2.24) is 4.90 Å². The molecule has 0 aromatic carbocycles. The number of unbranched alkanes of at least 4 members (excludes halogenated alkanes) is 13. The van der Waals surface area contributed by atoms with Gasteiger partial charge in [-0.3, -0.25) is 9.59 Å². The molecule has 164 valence electrons. The molecule has 2 N–H and O–H groups in total. The Kier molecular flexibility index (Phi) is 16.1. The van der Waals surface area contributed by atoms with Gasteiger partial charge in [0.05, 0.1) is 0 Å². The van der Waals surface area contributed by atoms with E-state index in [4.69, 9.17) is 5.73 Å². The molecule has 1 rings (SSSR count). The first-order valence-electron chi connectivity index (χ1n) is 12.3. The van der Waals surface area contributed by atoms with Gasteiger partial charge in [-0.1, -0.05) is 89.9 Å². The van der Waals surface area contributed by atoms with E-state index >= 15 is 0 Å². The summed E-state index contributed by atoms with van der Waals surface area (Å²) in [6.45, 7) is 1.99. The van der Waals surface area contributed by atoms with Crippen LogP contribution < -0.4 is 5.73 Å². The molecule has 4 heteroatoms. The Morgan fingerprint density at radius 2 is 0.893 bits per heavy atom. The summed E-state index contributed by atoms with van der Waals surface area (Å²) in [6, 6.07) is 0. The molecule has 0 spiro atoms. The second kappa shape index (κ2) is 18.0. The van der Waals surface area contributed by atoms with Crippen LogP contribution in [0, 0.1) is 0 Å². The van der Waals surface area contributed by atoms with Crippen LogP contribution in [-0.2, 0) is 9.59 Å². The maximum atomic E-state index is 12.2. The molecule has 1 heterocycles. The van der Waals surface area contributed by atoms with E-state index in [9.17, 15) is 9.59 Å². The smallest absolute Gasteiger partial charge is 0.222 e. The standard InChI is InChI=1S/C24H46N2O2/c25-23(27)19-15-11-9-7-5-3-1-2-4-6-8-10-12-16-20-24(28)26-21-17-13-14-18-22-26/h1-22H2,(H2,25,27). The first-order valence-corrected chi connectivity index (χ1v) is 12.3. The van der Waals surface area contributed by atoms with Gasteiger partial charge < -0.3 is 10.6 Å². The first kappa shape index (κ1) is 25.0. The zero-order valence-electron chi connectivity index (χ0n) is 18.4. The molecule has 0 unspecified atom stereocenters. The first-order chi connectivity index (χ1) is 13.7. The molecule has 1 saturated heterocycles. The van der Waals surface area contributed by atoms with E-state index in [0.717, 1.165) is 38.8 Å². The van der Waals surface area contributed by atoms with E-state index in [-0.39, 0.29) is 5.91 Å². The lowest BCUT2D eigenvalue weighted by Gasteiger charge is -2.20. The minimum atomic E-state index is -0.165. The summed E-state index contributed by atoms with van der Waals surface area (Å²) in [5.74, 6) is 0.232. The molecular formula is C24H46N2O2. The molecule has 0 radical (unpaired) electrons.